The number of aliphatic carboxylic acids is 2. The van der Waals surface area contributed by atoms with Gasteiger partial charge in [0.1, 0.15) is 17.5 Å². The molecule has 0 aliphatic carbocycles. The standard InChI is InChI=1S/C23H28N6O6/c1-35-11-15(7-6-14-10-26-20-18(14)19(24)28-23(25)29-20)12-2-4-13(5-3-12)21(32)27-16(22(33)34)8-9-17(30)31/h2-5,10,15-16H,6-9,11H2,1H3,(H,27,32)(H,30,31)(H,33,34)(H5,24,25,26,28,29)/t15?,16-/m0/s1. The molecule has 8 N–H and O–H groups in total. The number of aromatic amines is 1. The molecule has 0 radical (unpaired) electrons. The summed E-state index contributed by atoms with van der Waals surface area (Å²) in [6, 6.07) is 5.49. The summed E-state index contributed by atoms with van der Waals surface area (Å²) in [7, 11) is 1.61. The Morgan fingerprint density at radius 1 is 1.11 bits per heavy atom. The lowest BCUT2D eigenvalue weighted by Gasteiger charge is -2.17. The Morgan fingerprint density at radius 3 is 2.46 bits per heavy atom. The predicted octanol–water partition coefficient (Wildman–Crippen LogP) is 1.53. The number of carboxylic acids is 2. The Labute approximate surface area is 200 Å². The second-order valence-electron chi connectivity index (χ2n) is 8.11. The maximum absolute atomic E-state index is 12.5. The molecule has 12 heteroatoms. The van der Waals surface area contributed by atoms with E-state index in [0.29, 0.717) is 30.9 Å². The molecule has 0 saturated carbocycles. The van der Waals surface area contributed by atoms with E-state index in [0.717, 1.165) is 16.5 Å². The van der Waals surface area contributed by atoms with E-state index in [1.165, 1.54) is 0 Å². The lowest BCUT2D eigenvalue weighted by molar-refractivity contribution is -0.140. The van der Waals surface area contributed by atoms with E-state index in [4.69, 9.17) is 21.3 Å². The molecule has 3 aromatic rings. The lowest BCUT2D eigenvalue weighted by Crippen LogP contribution is -2.41. The molecule has 12 nitrogen and oxygen atoms in total. The summed E-state index contributed by atoms with van der Waals surface area (Å²) in [5.41, 5.74) is 14.4. The molecule has 0 saturated heterocycles. The van der Waals surface area contributed by atoms with E-state index in [1.807, 2.05) is 6.20 Å². The van der Waals surface area contributed by atoms with Crippen LogP contribution in [-0.2, 0) is 20.7 Å². The number of aromatic nitrogens is 3. The molecular weight excluding hydrogens is 456 g/mol. The van der Waals surface area contributed by atoms with Crippen LogP contribution < -0.4 is 16.8 Å². The van der Waals surface area contributed by atoms with Gasteiger partial charge in [-0.25, -0.2) is 4.79 Å². The number of ether oxygens (including phenoxy) is 1. The number of carbonyl (C=O) groups is 3. The highest BCUT2D eigenvalue weighted by Gasteiger charge is 2.22. The SMILES string of the molecule is COCC(CCc1c[nH]c2nc(N)nc(N)c12)c1ccc(C(=O)N[C@@H](CCC(=O)O)C(=O)O)cc1. The van der Waals surface area contributed by atoms with Gasteiger partial charge in [0.05, 0.1) is 12.0 Å². The first-order valence-electron chi connectivity index (χ1n) is 10.9. The van der Waals surface area contributed by atoms with Gasteiger partial charge in [-0.2, -0.15) is 9.97 Å². The van der Waals surface area contributed by atoms with Crippen LogP contribution in [0.1, 0.15) is 46.7 Å². The highest BCUT2D eigenvalue weighted by Crippen LogP contribution is 2.28. The van der Waals surface area contributed by atoms with Crippen molar-refractivity contribution in [3.05, 3.63) is 47.2 Å². The largest absolute Gasteiger partial charge is 0.481 e. The van der Waals surface area contributed by atoms with Gasteiger partial charge in [-0.3, -0.25) is 9.59 Å². The summed E-state index contributed by atoms with van der Waals surface area (Å²) in [6.07, 6.45) is 2.64. The van der Waals surface area contributed by atoms with Gasteiger partial charge in [0.2, 0.25) is 5.95 Å². The third kappa shape index (κ3) is 6.44. The van der Waals surface area contributed by atoms with Crippen LogP contribution in [0.3, 0.4) is 0 Å². The monoisotopic (exact) mass is 484 g/mol. The molecule has 1 aromatic carbocycles. The van der Waals surface area contributed by atoms with Gasteiger partial charge in [-0.15, -0.1) is 0 Å². The number of fused-ring (bicyclic) bond motifs is 1. The maximum Gasteiger partial charge on any atom is 0.326 e. The minimum Gasteiger partial charge on any atom is -0.481 e. The molecule has 0 aliphatic rings. The molecule has 1 unspecified atom stereocenters. The average Bonchev–Trinajstić information content (AvgIpc) is 3.22. The van der Waals surface area contributed by atoms with Crippen LogP contribution in [0.15, 0.2) is 30.5 Å². The number of nitrogens with one attached hydrogen (secondary N) is 2. The quantitative estimate of drug-likeness (QED) is 0.218. The number of benzene rings is 1. The van der Waals surface area contributed by atoms with Crippen LogP contribution in [0.5, 0.6) is 0 Å². The molecule has 2 atom stereocenters. The third-order valence-corrected chi connectivity index (χ3v) is 5.68. The van der Waals surface area contributed by atoms with Gasteiger partial charge >= 0.3 is 11.9 Å². The van der Waals surface area contributed by atoms with Crippen molar-refractivity contribution >= 4 is 40.6 Å². The highest BCUT2D eigenvalue weighted by molar-refractivity contribution is 5.96. The number of anilines is 2. The Hall–Kier alpha value is -4.19. The number of nitrogen functional groups attached to an aromatic ring is 2. The van der Waals surface area contributed by atoms with Crippen LogP contribution in [0.25, 0.3) is 11.0 Å². The van der Waals surface area contributed by atoms with E-state index in [1.54, 1.807) is 31.4 Å². The first-order valence-corrected chi connectivity index (χ1v) is 10.9. The van der Waals surface area contributed by atoms with Crippen molar-refractivity contribution in [1.82, 2.24) is 20.3 Å². The van der Waals surface area contributed by atoms with Crippen molar-refractivity contribution in [1.29, 1.82) is 0 Å². The molecule has 0 bridgehead atoms. The summed E-state index contributed by atoms with van der Waals surface area (Å²) < 4.78 is 5.39. The number of carboxylic acid groups (broad SMARTS) is 2. The fraction of sp³-hybridized carbons (Fsp3) is 0.348. The normalized spacial score (nSPS) is 12.8. The first kappa shape index (κ1) is 25.4. The van der Waals surface area contributed by atoms with Gasteiger partial charge < -0.3 is 36.7 Å². The Kier molecular flexibility index (Phi) is 8.21. The van der Waals surface area contributed by atoms with Crippen LogP contribution in [-0.4, -0.2) is 62.8 Å². The molecular formula is C23H28N6O6. The Bertz CT molecular complexity index is 1210. The summed E-state index contributed by atoms with van der Waals surface area (Å²) in [5.74, 6) is -2.59. The average molecular weight is 485 g/mol. The molecule has 0 aliphatic heterocycles. The molecule has 186 valence electrons. The topological polar surface area (TPSA) is 207 Å². The van der Waals surface area contributed by atoms with E-state index >= 15 is 0 Å². The fourth-order valence-electron chi connectivity index (χ4n) is 3.89. The van der Waals surface area contributed by atoms with Crippen LogP contribution in [0.4, 0.5) is 11.8 Å². The van der Waals surface area contributed by atoms with Gasteiger partial charge in [-0.05, 0) is 42.5 Å². The van der Waals surface area contributed by atoms with Gasteiger partial charge in [-0.1, -0.05) is 12.1 Å². The van der Waals surface area contributed by atoms with Crippen molar-refractivity contribution < 1.29 is 29.3 Å². The number of hydrogen-bond donors (Lipinski definition) is 6. The predicted molar refractivity (Wildman–Crippen MR) is 128 cm³/mol. The summed E-state index contributed by atoms with van der Waals surface area (Å²) in [5, 5.41) is 21.1. The summed E-state index contributed by atoms with van der Waals surface area (Å²) in [4.78, 5) is 45.8. The summed E-state index contributed by atoms with van der Waals surface area (Å²) >= 11 is 0. The van der Waals surface area contributed by atoms with Crippen LogP contribution in [0, 0.1) is 0 Å². The van der Waals surface area contributed by atoms with Gasteiger partial charge in [0.15, 0.2) is 0 Å². The number of aryl methyl sites for hydroxylation is 1. The van der Waals surface area contributed by atoms with Crippen molar-refractivity contribution in [3.63, 3.8) is 0 Å². The first-order chi connectivity index (χ1) is 16.7. The number of methoxy groups -OCH3 is 1. The molecule has 2 aromatic heterocycles. The van der Waals surface area contributed by atoms with Crippen LogP contribution in [0.2, 0.25) is 0 Å². The molecule has 2 heterocycles. The number of nitrogens with zero attached hydrogens (tertiary/aromatic N) is 2. The molecule has 1 amide bonds. The molecule has 0 spiro atoms. The van der Waals surface area contributed by atoms with Gasteiger partial charge in [0.25, 0.3) is 5.91 Å². The number of H-pyrrole nitrogens is 1. The number of nitrogens with two attached hydrogens (primary N) is 2. The van der Waals surface area contributed by atoms with Crippen LogP contribution >= 0.6 is 0 Å². The highest BCUT2D eigenvalue weighted by atomic mass is 16.5. The van der Waals surface area contributed by atoms with Crippen molar-refractivity contribution in [2.45, 2.75) is 37.6 Å². The minimum atomic E-state index is -1.29. The van der Waals surface area contributed by atoms with Gasteiger partial charge in [0, 0.05) is 31.2 Å². The molecule has 0 fully saturated rings. The van der Waals surface area contributed by atoms with E-state index < -0.39 is 23.9 Å². The van der Waals surface area contributed by atoms with E-state index in [2.05, 4.69) is 20.3 Å². The lowest BCUT2D eigenvalue weighted by atomic mass is 9.92. The third-order valence-electron chi connectivity index (χ3n) is 5.68. The minimum absolute atomic E-state index is 0.0142. The Morgan fingerprint density at radius 2 is 1.83 bits per heavy atom. The second-order valence-corrected chi connectivity index (χ2v) is 8.11. The van der Waals surface area contributed by atoms with E-state index in [-0.39, 0.29) is 30.3 Å². The zero-order valence-electron chi connectivity index (χ0n) is 19.2. The second kappa shape index (κ2) is 11.3. The molecule has 3 rings (SSSR count). The smallest absolute Gasteiger partial charge is 0.326 e. The zero-order valence-corrected chi connectivity index (χ0v) is 19.2. The maximum atomic E-state index is 12.5. The Balaban J connectivity index is 1.69. The molecule has 35 heavy (non-hydrogen) atoms. The van der Waals surface area contributed by atoms with E-state index in [9.17, 15) is 19.5 Å². The number of carbonyl (C=O) groups excluding carboxylic acids is 1. The number of rotatable bonds is 12. The van der Waals surface area contributed by atoms with Crippen molar-refractivity contribution in [2.75, 3.05) is 25.2 Å². The number of amides is 1. The fourth-order valence-corrected chi connectivity index (χ4v) is 3.89. The van der Waals surface area contributed by atoms with Crippen molar-refractivity contribution in [3.8, 4) is 0 Å². The number of hydrogen-bond acceptors (Lipinski definition) is 8. The van der Waals surface area contributed by atoms with Crippen molar-refractivity contribution in [2.24, 2.45) is 0 Å². The summed E-state index contributed by atoms with van der Waals surface area (Å²) in [6.45, 7) is 0.448. The zero-order chi connectivity index (χ0) is 25.5.